The number of rotatable bonds is 7. The number of halogens is 2. The second-order valence-electron chi connectivity index (χ2n) is 8.68. The van der Waals surface area contributed by atoms with Crippen molar-refractivity contribution in [3.05, 3.63) is 162 Å². The van der Waals surface area contributed by atoms with E-state index < -0.39 is 43.2 Å². The normalized spacial score (nSPS) is 12.1. The summed E-state index contributed by atoms with van der Waals surface area (Å²) in [7, 11) is 0. The molecule has 0 fully saturated rings. The van der Waals surface area contributed by atoms with Gasteiger partial charge in [0.2, 0.25) is 0 Å². The molecular formula is C32H23BiF2O4. The summed E-state index contributed by atoms with van der Waals surface area (Å²) in [6.45, 7) is 0. The van der Waals surface area contributed by atoms with Crippen LogP contribution in [0.1, 0.15) is 20.7 Å². The van der Waals surface area contributed by atoms with Crippen LogP contribution in [0.2, 0.25) is 0 Å². The Hall–Kier alpha value is -4.22. The van der Waals surface area contributed by atoms with Gasteiger partial charge in [-0.15, -0.1) is 0 Å². The number of hydrogen-bond donors (Lipinski definition) is 0. The van der Waals surface area contributed by atoms with Crippen molar-refractivity contribution in [2.24, 2.45) is 0 Å². The van der Waals surface area contributed by atoms with Gasteiger partial charge in [-0.1, -0.05) is 0 Å². The van der Waals surface area contributed by atoms with E-state index in [1.54, 1.807) is 91.0 Å². The third-order valence-corrected chi connectivity index (χ3v) is 24.8. The van der Waals surface area contributed by atoms with Crippen LogP contribution in [-0.4, -0.2) is 31.6 Å². The Balaban J connectivity index is 1.90. The summed E-state index contributed by atoms with van der Waals surface area (Å²) in [4.78, 5) is 27.8. The van der Waals surface area contributed by atoms with E-state index in [1.807, 2.05) is 0 Å². The molecular weight excluding hydrogens is 695 g/mol. The molecule has 0 spiro atoms. The van der Waals surface area contributed by atoms with E-state index in [0.717, 1.165) is 12.1 Å². The topological polar surface area (TPSA) is 52.6 Å². The van der Waals surface area contributed by atoms with Gasteiger partial charge in [-0.3, -0.25) is 0 Å². The summed E-state index contributed by atoms with van der Waals surface area (Å²) in [5.74, 6) is -3.57. The first-order valence-electron chi connectivity index (χ1n) is 12.1. The predicted molar refractivity (Wildman–Crippen MR) is 148 cm³/mol. The van der Waals surface area contributed by atoms with Gasteiger partial charge in [0.25, 0.3) is 0 Å². The SMILES string of the molecule is O=C([O][Bi]([O]C(=O)c1ccccc1F)([c]1ccccc1)([c]1ccccc1)[c]1ccccc1)c1ccccc1F. The van der Waals surface area contributed by atoms with Crippen LogP contribution >= 0.6 is 0 Å². The molecule has 0 heterocycles. The summed E-state index contributed by atoms with van der Waals surface area (Å²) in [6, 6.07) is 37.0. The van der Waals surface area contributed by atoms with Crippen molar-refractivity contribution in [3.63, 3.8) is 0 Å². The fourth-order valence-corrected chi connectivity index (χ4v) is 22.2. The van der Waals surface area contributed by atoms with Crippen molar-refractivity contribution >= 4 is 41.4 Å². The van der Waals surface area contributed by atoms with Gasteiger partial charge >= 0.3 is 228 Å². The summed E-state index contributed by atoms with van der Waals surface area (Å²) in [5.41, 5.74) is -0.632. The zero-order valence-electron chi connectivity index (χ0n) is 20.6. The zero-order chi connectivity index (χ0) is 27.3. The number of carbonyl (C=O) groups excluding carboxylic acids is 2. The van der Waals surface area contributed by atoms with E-state index in [4.69, 9.17) is 5.63 Å². The first kappa shape index (κ1) is 26.4. The third-order valence-electron chi connectivity index (χ3n) is 6.38. The van der Waals surface area contributed by atoms with E-state index in [2.05, 4.69) is 0 Å². The van der Waals surface area contributed by atoms with Gasteiger partial charge in [0.05, 0.1) is 0 Å². The van der Waals surface area contributed by atoms with E-state index in [9.17, 15) is 18.4 Å². The molecule has 5 aromatic rings. The van der Waals surface area contributed by atoms with Crippen LogP contribution in [0.25, 0.3) is 0 Å². The van der Waals surface area contributed by atoms with E-state index in [1.165, 1.54) is 36.4 Å². The second kappa shape index (κ2) is 10.9. The molecule has 7 heteroatoms. The molecule has 0 atom stereocenters. The van der Waals surface area contributed by atoms with Crippen LogP contribution in [-0.2, 0) is 5.63 Å². The Bertz CT molecular complexity index is 1460. The fraction of sp³-hybridized carbons (Fsp3) is 0. The molecule has 0 amide bonds. The van der Waals surface area contributed by atoms with Gasteiger partial charge in [0, 0.05) is 0 Å². The van der Waals surface area contributed by atoms with Gasteiger partial charge < -0.3 is 0 Å². The maximum atomic E-state index is 14.9. The van der Waals surface area contributed by atoms with Gasteiger partial charge in [0.1, 0.15) is 0 Å². The van der Waals surface area contributed by atoms with Crippen molar-refractivity contribution in [2.75, 3.05) is 0 Å². The van der Waals surface area contributed by atoms with Crippen molar-refractivity contribution in [3.8, 4) is 0 Å². The Morgan fingerprint density at radius 2 is 0.718 bits per heavy atom. The molecule has 0 saturated heterocycles. The molecule has 0 N–H and O–H groups in total. The Morgan fingerprint density at radius 3 is 1.03 bits per heavy atom. The number of carbonyl (C=O) groups is 2. The Labute approximate surface area is 226 Å². The molecule has 5 aromatic carbocycles. The molecule has 0 aromatic heterocycles. The standard InChI is InChI=1S/2C7H5FO2.3C6H5.Bi/c2*8-6-4-2-1-3-5(6)7(9)10;3*1-2-4-6-5-3-1;/h2*1-4H,(H,9,10);3*1-5H;/q;;;;;+2/p-2. The summed E-state index contributed by atoms with van der Waals surface area (Å²) >= 11 is -6.50. The van der Waals surface area contributed by atoms with Crippen molar-refractivity contribution in [1.29, 1.82) is 0 Å². The minimum absolute atomic E-state index is 0.316. The molecule has 5 rings (SSSR count). The monoisotopic (exact) mass is 718 g/mol. The predicted octanol–water partition coefficient (Wildman–Crippen LogP) is 5.10. The maximum absolute atomic E-state index is 14.9. The summed E-state index contributed by atoms with van der Waals surface area (Å²) in [5, 5.41) is 0. The van der Waals surface area contributed by atoms with Crippen LogP contribution in [0.5, 0.6) is 0 Å². The van der Waals surface area contributed by atoms with Gasteiger partial charge in [-0.25, -0.2) is 0 Å². The van der Waals surface area contributed by atoms with Crippen LogP contribution in [0.4, 0.5) is 8.78 Å². The van der Waals surface area contributed by atoms with Crippen molar-refractivity contribution in [1.82, 2.24) is 0 Å². The zero-order valence-corrected chi connectivity index (χ0v) is 24.1. The Morgan fingerprint density at radius 1 is 0.436 bits per heavy atom. The van der Waals surface area contributed by atoms with Gasteiger partial charge in [-0.2, -0.15) is 0 Å². The second-order valence-corrected chi connectivity index (χ2v) is 23.6. The van der Waals surface area contributed by atoms with Gasteiger partial charge in [0.15, 0.2) is 0 Å². The van der Waals surface area contributed by atoms with Crippen LogP contribution in [0, 0.1) is 11.6 Å². The summed E-state index contributed by atoms with van der Waals surface area (Å²) < 4.78 is 44.2. The van der Waals surface area contributed by atoms with Crippen molar-refractivity contribution < 1.29 is 24.0 Å². The molecule has 0 unspecified atom stereocenters. The average Bonchev–Trinajstić information content (AvgIpc) is 2.98. The first-order chi connectivity index (χ1) is 18.9. The summed E-state index contributed by atoms with van der Waals surface area (Å²) in [6.07, 6.45) is 0. The van der Waals surface area contributed by atoms with Crippen LogP contribution in [0.3, 0.4) is 0 Å². The van der Waals surface area contributed by atoms with Crippen LogP contribution < -0.4 is 9.81 Å². The van der Waals surface area contributed by atoms with Crippen LogP contribution in [0.15, 0.2) is 140 Å². The van der Waals surface area contributed by atoms with E-state index in [-0.39, 0.29) is 11.1 Å². The molecule has 4 nitrogen and oxygen atoms in total. The van der Waals surface area contributed by atoms with Crippen molar-refractivity contribution in [2.45, 2.75) is 0 Å². The molecule has 0 saturated carbocycles. The average molecular weight is 719 g/mol. The van der Waals surface area contributed by atoms with Gasteiger partial charge in [-0.05, 0) is 0 Å². The minimum atomic E-state index is -6.50. The Kier molecular flexibility index (Phi) is 7.36. The molecule has 194 valence electrons. The molecule has 0 bridgehead atoms. The molecule has 39 heavy (non-hydrogen) atoms. The first-order valence-corrected chi connectivity index (χ1v) is 20.2. The molecule has 0 aliphatic carbocycles. The number of benzene rings is 5. The molecule has 0 aliphatic rings. The van der Waals surface area contributed by atoms with E-state index in [0.29, 0.717) is 9.81 Å². The quantitative estimate of drug-likeness (QED) is 0.220. The van der Waals surface area contributed by atoms with E-state index >= 15 is 0 Å². The molecule has 0 aliphatic heterocycles. The fourth-order valence-electron chi connectivity index (χ4n) is 4.55. The third kappa shape index (κ3) is 4.64. The molecule has 0 radical (unpaired) electrons. The number of hydrogen-bond acceptors (Lipinski definition) is 4.